The van der Waals surface area contributed by atoms with Gasteiger partial charge in [-0.2, -0.15) is 0 Å². The Morgan fingerprint density at radius 1 is 1.55 bits per heavy atom. The molecule has 2 aromatic heterocycles. The van der Waals surface area contributed by atoms with Gasteiger partial charge in [0, 0.05) is 17.3 Å². The third kappa shape index (κ3) is 3.89. The van der Waals surface area contributed by atoms with Gasteiger partial charge in [0.2, 0.25) is 0 Å². The zero-order valence-electron chi connectivity index (χ0n) is 10.8. The minimum absolute atomic E-state index is 0.0363. The average Bonchev–Trinajstić information content (AvgIpc) is 2.99. The maximum atomic E-state index is 11.9. The molecule has 20 heavy (non-hydrogen) atoms. The molecule has 0 bridgehead atoms. The summed E-state index contributed by atoms with van der Waals surface area (Å²) in [5.41, 5.74) is 0.115. The summed E-state index contributed by atoms with van der Waals surface area (Å²) in [5.74, 6) is -1.39. The van der Waals surface area contributed by atoms with Crippen LogP contribution in [-0.4, -0.2) is 38.0 Å². The van der Waals surface area contributed by atoms with Crippen molar-refractivity contribution >= 4 is 23.2 Å². The highest BCUT2D eigenvalue weighted by Gasteiger charge is 2.14. The monoisotopic (exact) mass is 294 g/mol. The van der Waals surface area contributed by atoms with Crippen LogP contribution in [-0.2, 0) is 17.8 Å². The van der Waals surface area contributed by atoms with E-state index in [0.717, 1.165) is 11.1 Å². The Balaban J connectivity index is 1.90. The normalized spacial score (nSPS) is 12.1. The minimum Gasteiger partial charge on any atom is -0.480 e. The maximum absolute atomic E-state index is 11.9. The molecule has 0 aliphatic carbocycles. The first-order valence-electron chi connectivity index (χ1n) is 6.00. The molecule has 0 fully saturated rings. The molecular weight excluding hydrogens is 280 g/mol. The Hall–Kier alpha value is -2.22. The van der Waals surface area contributed by atoms with Crippen LogP contribution in [0.4, 0.5) is 0 Å². The fraction of sp³-hybridized carbons (Fsp3) is 0.333. The van der Waals surface area contributed by atoms with Crippen LogP contribution >= 0.6 is 11.3 Å². The number of carbonyl (C=O) groups excluding carboxylic acids is 1. The van der Waals surface area contributed by atoms with Gasteiger partial charge < -0.3 is 10.4 Å². The largest absolute Gasteiger partial charge is 0.480 e. The van der Waals surface area contributed by atoms with Crippen molar-refractivity contribution in [2.45, 2.75) is 25.9 Å². The number of aromatic nitrogens is 3. The van der Waals surface area contributed by atoms with Gasteiger partial charge in [0.05, 0.1) is 6.20 Å². The number of aliphatic carboxylic acids is 1. The van der Waals surface area contributed by atoms with Crippen molar-refractivity contribution in [3.05, 3.63) is 34.3 Å². The van der Waals surface area contributed by atoms with E-state index < -0.39 is 5.97 Å². The summed E-state index contributed by atoms with van der Waals surface area (Å²) in [4.78, 5) is 23.6. The number of hydrogen-bond acceptors (Lipinski definition) is 5. The number of carboxylic acids is 1. The molecule has 0 saturated heterocycles. The Labute approximate surface area is 119 Å². The molecule has 106 valence electrons. The number of carboxylic acid groups (broad SMARTS) is 1. The molecule has 0 saturated carbocycles. The minimum atomic E-state index is -1.03. The Morgan fingerprint density at radius 2 is 2.35 bits per heavy atom. The van der Waals surface area contributed by atoms with E-state index in [1.165, 1.54) is 11.1 Å². The SMILES string of the molecule is CC(Cc1cccs1)NC(=O)c1cn(CC(=O)O)nn1. The van der Waals surface area contributed by atoms with Crippen molar-refractivity contribution in [1.82, 2.24) is 20.3 Å². The molecule has 7 nitrogen and oxygen atoms in total. The van der Waals surface area contributed by atoms with Crippen LogP contribution in [0.15, 0.2) is 23.7 Å². The number of carbonyl (C=O) groups is 2. The lowest BCUT2D eigenvalue weighted by atomic mass is 10.2. The first-order valence-corrected chi connectivity index (χ1v) is 6.87. The highest BCUT2D eigenvalue weighted by atomic mass is 32.1. The summed E-state index contributed by atoms with van der Waals surface area (Å²) in [6.07, 6.45) is 2.06. The molecule has 2 N–H and O–H groups in total. The predicted octanol–water partition coefficient (Wildman–Crippen LogP) is 0.785. The van der Waals surface area contributed by atoms with Gasteiger partial charge in [-0.25, -0.2) is 4.68 Å². The summed E-state index contributed by atoms with van der Waals surface area (Å²) in [7, 11) is 0. The molecule has 0 aliphatic rings. The summed E-state index contributed by atoms with van der Waals surface area (Å²) in [6.45, 7) is 1.59. The Bertz CT molecular complexity index is 594. The average molecular weight is 294 g/mol. The second-order valence-electron chi connectivity index (χ2n) is 4.35. The molecule has 2 heterocycles. The van der Waals surface area contributed by atoms with Crippen LogP contribution in [0.25, 0.3) is 0 Å². The molecule has 1 atom stereocenters. The van der Waals surface area contributed by atoms with Gasteiger partial charge in [0.25, 0.3) is 5.91 Å². The summed E-state index contributed by atoms with van der Waals surface area (Å²) in [5, 5.41) is 20.7. The van der Waals surface area contributed by atoms with Gasteiger partial charge in [0.15, 0.2) is 5.69 Å². The Morgan fingerprint density at radius 3 is 3.00 bits per heavy atom. The quantitative estimate of drug-likeness (QED) is 0.820. The number of amides is 1. The molecule has 2 aromatic rings. The molecular formula is C12H14N4O3S. The van der Waals surface area contributed by atoms with Gasteiger partial charge in [-0.05, 0) is 18.4 Å². The fourth-order valence-electron chi connectivity index (χ4n) is 1.70. The summed E-state index contributed by atoms with van der Waals surface area (Å²) in [6, 6.07) is 3.94. The number of nitrogens with one attached hydrogen (secondary N) is 1. The van der Waals surface area contributed by atoms with Crippen LogP contribution in [0.1, 0.15) is 22.3 Å². The zero-order valence-corrected chi connectivity index (χ0v) is 11.6. The van der Waals surface area contributed by atoms with E-state index in [9.17, 15) is 9.59 Å². The first-order chi connectivity index (χ1) is 9.54. The highest BCUT2D eigenvalue weighted by molar-refractivity contribution is 7.09. The van der Waals surface area contributed by atoms with Gasteiger partial charge in [-0.3, -0.25) is 9.59 Å². The molecule has 0 aromatic carbocycles. The van der Waals surface area contributed by atoms with Crippen molar-refractivity contribution in [2.75, 3.05) is 0 Å². The Kier molecular flexibility index (Phi) is 4.46. The lowest BCUT2D eigenvalue weighted by molar-refractivity contribution is -0.137. The molecule has 2 rings (SSSR count). The third-order valence-corrected chi connectivity index (χ3v) is 3.43. The number of rotatable bonds is 6. The van der Waals surface area contributed by atoms with Crippen LogP contribution in [0.3, 0.4) is 0 Å². The third-order valence-electron chi connectivity index (χ3n) is 2.53. The molecule has 1 unspecified atom stereocenters. The van der Waals surface area contributed by atoms with E-state index in [1.54, 1.807) is 11.3 Å². The molecule has 8 heteroatoms. The van der Waals surface area contributed by atoms with Gasteiger partial charge in [0.1, 0.15) is 6.54 Å². The maximum Gasteiger partial charge on any atom is 0.325 e. The van der Waals surface area contributed by atoms with Crippen LogP contribution in [0.2, 0.25) is 0 Å². The van der Waals surface area contributed by atoms with Gasteiger partial charge >= 0.3 is 5.97 Å². The summed E-state index contributed by atoms with van der Waals surface area (Å²) < 4.78 is 1.11. The van der Waals surface area contributed by atoms with E-state index in [1.807, 2.05) is 24.4 Å². The van der Waals surface area contributed by atoms with Crippen molar-refractivity contribution in [3.8, 4) is 0 Å². The van der Waals surface area contributed by atoms with Crippen molar-refractivity contribution in [2.24, 2.45) is 0 Å². The lowest BCUT2D eigenvalue weighted by Gasteiger charge is -2.11. The predicted molar refractivity (Wildman–Crippen MR) is 72.6 cm³/mol. The second-order valence-corrected chi connectivity index (χ2v) is 5.39. The van der Waals surface area contributed by atoms with Gasteiger partial charge in [-0.1, -0.05) is 11.3 Å². The molecule has 0 spiro atoms. The molecule has 0 radical (unpaired) electrons. The van der Waals surface area contributed by atoms with Crippen molar-refractivity contribution in [3.63, 3.8) is 0 Å². The number of nitrogens with zero attached hydrogens (tertiary/aromatic N) is 3. The first kappa shape index (κ1) is 14.2. The lowest BCUT2D eigenvalue weighted by Crippen LogP contribution is -2.34. The van der Waals surface area contributed by atoms with Crippen molar-refractivity contribution in [1.29, 1.82) is 0 Å². The second kappa shape index (κ2) is 6.29. The smallest absolute Gasteiger partial charge is 0.325 e. The van der Waals surface area contributed by atoms with E-state index in [-0.39, 0.29) is 24.2 Å². The topological polar surface area (TPSA) is 97.1 Å². The van der Waals surface area contributed by atoms with Crippen LogP contribution < -0.4 is 5.32 Å². The molecule has 1 amide bonds. The summed E-state index contributed by atoms with van der Waals surface area (Å²) >= 11 is 1.64. The van der Waals surface area contributed by atoms with Crippen LogP contribution in [0.5, 0.6) is 0 Å². The van der Waals surface area contributed by atoms with Gasteiger partial charge in [-0.15, -0.1) is 16.4 Å². The molecule has 0 aliphatic heterocycles. The van der Waals surface area contributed by atoms with E-state index >= 15 is 0 Å². The number of thiophene rings is 1. The highest BCUT2D eigenvalue weighted by Crippen LogP contribution is 2.11. The zero-order chi connectivity index (χ0) is 14.5. The fourth-order valence-corrected chi connectivity index (χ4v) is 2.53. The van der Waals surface area contributed by atoms with E-state index in [2.05, 4.69) is 15.6 Å². The van der Waals surface area contributed by atoms with E-state index in [0.29, 0.717) is 0 Å². The standard InChI is InChI=1S/C12H14N4O3S/c1-8(5-9-3-2-4-20-9)13-12(19)10-6-16(15-14-10)7-11(17)18/h2-4,6,8H,5,7H2,1H3,(H,13,19)(H,17,18). The van der Waals surface area contributed by atoms with Crippen molar-refractivity contribution < 1.29 is 14.7 Å². The van der Waals surface area contributed by atoms with E-state index in [4.69, 9.17) is 5.11 Å². The number of hydrogen-bond donors (Lipinski definition) is 2. The van der Waals surface area contributed by atoms with Crippen LogP contribution in [0, 0.1) is 0 Å².